The first-order chi connectivity index (χ1) is 14.0. The predicted molar refractivity (Wildman–Crippen MR) is 113 cm³/mol. The minimum absolute atomic E-state index is 0.0956. The molecule has 29 heavy (non-hydrogen) atoms. The summed E-state index contributed by atoms with van der Waals surface area (Å²) in [6.45, 7) is 5.54. The molecule has 0 fully saturated rings. The van der Waals surface area contributed by atoms with Gasteiger partial charge in [0, 0.05) is 36.4 Å². The van der Waals surface area contributed by atoms with Gasteiger partial charge in [-0.3, -0.25) is 14.8 Å². The molecule has 0 aromatic heterocycles. The number of para-hydroxylation sites is 1. The van der Waals surface area contributed by atoms with Gasteiger partial charge >= 0.3 is 0 Å². The zero-order valence-electron chi connectivity index (χ0n) is 17.1. The molecule has 0 bridgehead atoms. The Morgan fingerprint density at radius 3 is 2.52 bits per heavy atom. The Bertz CT molecular complexity index is 875. The van der Waals surface area contributed by atoms with E-state index in [1.54, 1.807) is 5.48 Å². The number of rotatable bonds is 9. The van der Waals surface area contributed by atoms with E-state index < -0.39 is 0 Å². The molecule has 6 nitrogen and oxygen atoms in total. The molecule has 6 heteroatoms. The van der Waals surface area contributed by atoms with Crippen LogP contribution in [0.5, 0.6) is 0 Å². The van der Waals surface area contributed by atoms with Gasteiger partial charge in [0.2, 0.25) is 5.91 Å². The molecule has 0 radical (unpaired) electrons. The van der Waals surface area contributed by atoms with Crippen LogP contribution in [-0.2, 0) is 11.3 Å². The number of aryl methyl sites for hydroxylation is 2. The normalized spacial score (nSPS) is 12.8. The van der Waals surface area contributed by atoms with Crippen molar-refractivity contribution in [3.63, 3.8) is 0 Å². The molecule has 1 aliphatic heterocycles. The quantitative estimate of drug-likeness (QED) is 0.333. The standard InChI is InChI=1S/C23H29N3O3/c1-16-8-7-9-17(2)22(16)24-19-11-12-20-18(14-19)15-26(23(20)28)13-6-4-3-5-10-21(27)25-29/h7-9,11-12,14,24,29H,3-6,10,13,15H2,1-2H3,(H,25,27). The van der Waals surface area contributed by atoms with E-state index in [0.29, 0.717) is 13.0 Å². The highest BCUT2D eigenvalue weighted by atomic mass is 16.5. The molecule has 2 amide bonds. The van der Waals surface area contributed by atoms with Gasteiger partial charge in [0.15, 0.2) is 0 Å². The molecule has 0 spiro atoms. The van der Waals surface area contributed by atoms with E-state index in [-0.39, 0.29) is 11.8 Å². The number of nitrogens with one attached hydrogen (secondary N) is 2. The van der Waals surface area contributed by atoms with Crippen LogP contribution in [0.1, 0.15) is 59.2 Å². The Kier molecular flexibility index (Phi) is 6.88. The number of benzene rings is 2. The lowest BCUT2D eigenvalue weighted by atomic mass is 10.1. The summed E-state index contributed by atoms with van der Waals surface area (Å²) >= 11 is 0. The second-order valence-electron chi connectivity index (χ2n) is 7.69. The summed E-state index contributed by atoms with van der Waals surface area (Å²) < 4.78 is 0. The van der Waals surface area contributed by atoms with Gasteiger partial charge in [0.25, 0.3) is 5.91 Å². The van der Waals surface area contributed by atoms with E-state index in [9.17, 15) is 9.59 Å². The number of hydrogen-bond acceptors (Lipinski definition) is 4. The van der Waals surface area contributed by atoms with Crippen LogP contribution in [-0.4, -0.2) is 28.5 Å². The third-order valence-electron chi connectivity index (χ3n) is 5.44. The SMILES string of the molecule is Cc1cccc(C)c1Nc1ccc2c(c1)CN(CCCCCCC(=O)NO)C2=O. The molecule has 3 rings (SSSR count). The number of hydrogen-bond donors (Lipinski definition) is 3. The molecule has 0 saturated heterocycles. The number of fused-ring (bicyclic) bond motifs is 1. The lowest BCUT2D eigenvalue weighted by molar-refractivity contribution is -0.129. The molecule has 1 heterocycles. The van der Waals surface area contributed by atoms with Gasteiger partial charge < -0.3 is 10.2 Å². The van der Waals surface area contributed by atoms with Crippen molar-refractivity contribution < 1.29 is 14.8 Å². The number of anilines is 2. The zero-order chi connectivity index (χ0) is 20.8. The monoisotopic (exact) mass is 395 g/mol. The van der Waals surface area contributed by atoms with Gasteiger partial charge in [-0.2, -0.15) is 0 Å². The first-order valence-corrected chi connectivity index (χ1v) is 10.2. The average Bonchev–Trinajstić information content (AvgIpc) is 3.02. The zero-order valence-corrected chi connectivity index (χ0v) is 17.1. The van der Waals surface area contributed by atoms with Crippen LogP contribution in [0.2, 0.25) is 0 Å². The summed E-state index contributed by atoms with van der Waals surface area (Å²) in [4.78, 5) is 25.5. The van der Waals surface area contributed by atoms with Gasteiger partial charge in [-0.25, -0.2) is 5.48 Å². The van der Waals surface area contributed by atoms with Crippen molar-refractivity contribution in [1.82, 2.24) is 10.4 Å². The minimum Gasteiger partial charge on any atom is -0.355 e. The fraction of sp³-hybridized carbons (Fsp3) is 0.391. The lowest BCUT2D eigenvalue weighted by Gasteiger charge is -2.15. The van der Waals surface area contributed by atoms with Crippen LogP contribution in [0, 0.1) is 13.8 Å². The minimum atomic E-state index is -0.347. The molecule has 154 valence electrons. The maximum atomic E-state index is 12.6. The number of amides is 2. The number of nitrogens with zero attached hydrogens (tertiary/aromatic N) is 1. The summed E-state index contributed by atoms with van der Waals surface area (Å²) in [6.07, 6.45) is 3.85. The summed E-state index contributed by atoms with van der Waals surface area (Å²) in [6, 6.07) is 12.2. The van der Waals surface area contributed by atoms with Gasteiger partial charge in [0.05, 0.1) is 0 Å². The van der Waals surface area contributed by atoms with E-state index in [0.717, 1.165) is 54.7 Å². The Balaban J connectivity index is 1.53. The van der Waals surface area contributed by atoms with Crippen LogP contribution in [0.4, 0.5) is 11.4 Å². The van der Waals surface area contributed by atoms with E-state index >= 15 is 0 Å². The fourth-order valence-corrected chi connectivity index (χ4v) is 3.79. The molecule has 0 aliphatic carbocycles. The van der Waals surface area contributed by atoms with E-state index in [1.165, 1.54) is 11.1 Å². The van der Waals surface area contributed by atoms with Crippen LogP contribution >= 0.6 is 0 Å². The van der Waals surface area contributed by atoms with Crippen LogP contribution in [0.15, 0.2) is 36.4 Å². The number of hydroxylamine groups is 1. The highest BCUT2D eigenvalue weighted by molar-refractivity contribution is 5.99. The predicted octanol–water partition coefficient (Wildman–Crippen LogP) is 4.46. The molecular weight excluding hydrogens is 366 g/mol. The second kappa shape index (κ2) is 9.56. The molecular formula is C23H29N3O3. The van der Waals surface area contributed by atoms with Crippen molar-refractivity contribution in [2.24, 2.45) is 0 Å². The summed E-state index contributed by atoms with van der Waals surface area (Å²) in [5.41, 5.74) is 8.00. The van der Waals surface area contributed by atoms with Gasteiger partial charge in [-0.15, -0.1) is 0 Å². The van der Waals surface area contributed by atoms with Crippen molar-refractivity contribution in [1.29, 1.82) is 0 Å². The molecule has 2 aromatic carbocycles. The van der Waals surface area contributed by atoms with Crippen molar-refractivity contribution in [2.75, 3.05) is 11.9 Å². The first-order valence-electron chi connectivity index (χ1n) is 10.2. The Morgan fingerprint density at radius 1 is 1.07 bits per heavy atom. The van der Waals surface area contributed by atoms with Crippen LogP contribution < -0.4 is 10.8 Å². The topological polar surface area (TPSA) is 81.7 Å². The number of unbranched alkanes of at least 4 members (excludes halogenated alkanes) is 3. The smallest absolute Gasteiger partial charge is 0.254 e. The summed E-state index contributed by atoms with van der Waals surface area (Å²) in [5, 5.41) is 12.0. The largest absolute Gasteiger partial charge is 0.355 e. The van der Waals surface area contributed by atoms with Crippen LogP contribution in [0.3, 0.4) is 0 Å². The van der Waals surface area contributed by atoms with Crippen molar-refractivity contribution >= 4 is 23.2 Å². The molecule has 0 saturated carbocycles. The summed E-state index contributed by atoms with van der Waals surface area (Å²) in [7, 11) is 0. The van der Waals surface area contributed by atoms with Crippen molar-refractivity contribution in [3.05, 3.63) is 58.7 Å². The van der Waals surface area contributed by atoms with E-state index in [2.05, 4.69) is 43.4 Å². The Hall–Kier alpha value is -2.86. The third kappa shape index (κ3) is 5.15. The molecule has 0 unspecified atom stereocenters. The van der Waals surface area contributed by atoms with E-state index in [1.807, 2.05) is 17.0 Å². The van der Waals surface area contributed by atoms with Gasteiger partial charge in [-0.05, 0) is 61.6 Å². The molecule has 1 aliphatic rings. The molecule has 0 atom stereocenters. The van der Waals surface area contributed by atoms with Crippen LogP contribution in [0.25, 0.3) is 0 Å². The lowest BCUT2D eigenvalue weighted by Crippen LogP contribution is -2.24. The van der Waals surface area contributed by atoms with Gasteiger partial charge in [-0.1, -0.05) is 31.0 Å². The molecule has 2 aromatic rings. The summed E-state index contributed by atoms with van der Waals surface area (Å²) in [5.74, 6) is -0.251. The van der Waals surface area contributed by atoms with Crippen molar-refractivity contribution in [3.8, 4) is 0 Å². The van der Waals surface area contributed by atoms with E-state index in [4.69, 9.17) is 5.21 Å². The molecule has 3 N–H and O–H groups in total. The second-order valence-corrected chi connectivity index (χ2v) is 7.69. The van der Waals surface area contributed by atoms with Crippen molar-refractivity contribution in [2.45, 2.75) is 52.5 Å². The third-order valence-corrected chi connectivity index (χ3v) is 5.44. The number of carbonyl (C=O) groups excluding carboxylic acids is 2. The number of carbonyl (C=O) groups is 2. The van der Waals surface area contributed by atoms with Gasteiger partial charge in [0.1, 0.15) is 0 Å². The first kappa shape index (κ1) is 20.9. The maximum Gasteiger partial charge on any atom is 0.254 e. The Labute approximate surface area is 171 Å². The highest BCUT2D eigenvalue weighted by Crippen LogP contribution is 2.29. The Morgan fingerprint density at radius 2 is 1.79 bits per heavy atom. The fourth-order valence-electron chi connectivity index (χ4n) is 3.79. The highest BCUT2D eigenvalue weighted by Gasteiger charge is 2.26. The maximum absolute atomic E-state index is 12.6. The average molecular weight is 396 g/mol.